The van der Waals surface area contributed by atoms with Crippen molar-refractivity contribution >= 4 is 26.4 Å². The summed E-state index contributed by atoms with van der Waals surface area (Å²) in [6.07, 6.45) is 64.6. The number of hydrogen-bond acceptors (Lipinski definition) is 13. The molecule has 6 N–H and O–H groups in total. The Kier molecular flexibility index (Phi) is 66.5. The highest BCUT2D eigenvalue weighted by Crippen LogP contribution is 2.22. The molecule has 0 fully saturated rings. The summed E-state index contributed by atoms with van der Waals surface area (Å²) < 4.78 is 37.7. The van der Waals surface area contributed by atoms with Gasteiger partial charge in [-0.3, -0.25) is 0 Å². The van der Waals surface area contributed by atoms with E-state index in [1.54, 1.807) is 20.8 Å². The van der Waals surface area contributed by atoms with Crippen LogP contribution in [0.25, 0.3) is 0 Å². The Bertz CT molecular complexity index is 1660. The molecule has 98 heavy (non-hydrogen) atoms. The summed E-state index contributed by atoms with van der Waals surface area (Å²) in [7, 11) is -0.872. The SMILES string of the molecule is CCCCCCCCCCCCCCCCCCN(C)CCC[Si](O)(O)OC(C)COCC(COCC(C)O[Si](O)(O)CCC[N+](C)(C)CCCCCCCCCCCCCCCCCC)OCC(C)O[Si](O)(O)CCC[N+](C)(C)CCCCCCCCCCCCCCCCCC. The average molecular weight is 1450 g/mol. The smallest absolute Gasteiger partial charge is 0.390 e. The van der Waals surface area contributed by atoms with Crippen molar-refractivity contribution in [1.82, 2.24) is 4.90 Å². The fraction of sp³-hybridized carbons (Fsp3) is 1.00. The van der Waals surface area contributed by atoms with Crippen LogP contribution in [0.4, 0.5) is 0 Å². The van der Waals surface area contributed by atoms with Gasteiger partial charge >= 0.3 is 26.4 Å². The molecule has 0 heterocycles. The van der Waals surface area contributed by atoms with E-state index in [0.717, 1.165) is 54.7 Å². The number of ether oxygens (including phenoxy) is 3. The lowest BCUT2D eigenvalue weighted by Gasteiger charge is -2.31. The highest BCUT2D eigenvalue weighted by molar-refractivity contribution is 6.58. The molecule has 18 heteroatoms. The number of unbranched alkanes of at least 4 members (excludes halogenated alkanes) is 45. The third-order valence-electron chi connectivity index (χ3n) is 20.3. The highest BCUT2D eigenvalue weighted by atomic mass is 28.4. The summed E-state index contributed by atoms with van der Waals surface area (Å²) in [6.45, 7) is 18.2. The van der Waals surface area contributed by atoms with Crippen LogP contribution in [0.2, 0.25) is 18.1 Å². The summed E-state index contributed by atoms with van der Waals surface area (Å²) in [5, 5.41) is 0. The molecular formula is C80H173N3O12Si3+2. The minimum atomic E-state index is -4.00. The second kappa shape index (κ2) is 66.5. The van der Waals surface area contributed by atoms with Crippen LogP contribution >= 0.6 is 0 Å². The first-order valence-electron chi connectivity index (χ1n) is 42.4. The molecule has 0 aliphatic heterocycles. The van der Waals surface area contributed by atoms with E-state index in [1.165, 1.54) is 302 Å². The Balaban J connectivity index is 5.00. The van der Waals surface area contributed by atoms with Gasteiger partial charge in [0.15, 0.2) is 0 Å². The molecule has 0 aliphatic carbocycles. The summed E-state index contributed by atoms with van der Waals surface area (Å²) >= 11 is 0. The summed E-state index contributed by atoms with van der Waals surface area (Å²) in [5.41, 5.74) is 0. The van der Waals surface area contributed by atoms with Gasteiger partial charge in [0.25, 0.3) is 0 Å². The summed E-state index contributed by atoms with van der Waals surface area (Å²) in [5.74, 6) is 0. The summed E-state index contributed by atoms with van der Waals surface area (Å²) in [6, 6.07) is 0.629. The maximum Gasteiger partial charge on any atom is 0.496 e. The molecule has 0 aromatic rings. The topological polar surface area (TPSA) is 180 Å². The second-order valence-corrected chi connectivity index (χ2v) is 39.0. The molecular weight excluding hydrogens is 1280 g/mol. The van der Waals surface area contributed by atoms with Crippen molar-refractivity contribution in [2.45, 2.75) is 412 Å². The molecule has 0 radical (unpaired) electrons. The molecule has 0 spiro atoms. The minimum absolute atomic E-state index is 0.0566. The van der Waals surface area contributed by atoms with Crippen LogP contribution in [0.1, 0.15) is 369 Å². The zero-order chi connectivity index (χ0) is 72.6. The molecule has 0 rings (SSSR count). The molecule has 4 unspecified atom stereocenters. The number of hydrogen-bond donors (Lipinski definition) is 6. The van der Waals surface area contributed by atoms with E-state index in [-0.39, 0.29) is 51.2 Å². The van der Waals surface area contributed by atoms with Crippen LogP contribution in [0.3, 0.4) is 0 Å². The maximum atomic E-state index is 11.1. The largest absolute Gasteiger partial charge is 0.496 e. The Morgan fingerprint density at radius 1 is 0.276 bits per heavy atom. The molecule has 0 amide bonds. The van der Waals surface area contributed by atoms with Gasteiger partial charge in [0.05, 0.1) is 106 Å². The third-order valence-corrected chi connectivity index (χ3v) is 25.6. The fourth-order valence-corrected chi connectivity index (χ4v) is 18.2. The Morgan fingerprint density at radius 2 is 0.490 bits per heavy atom. The molecule has 0 saturated carbocycles. The summed E-state index contributed by atoms with van der Waals surface area (Å²) in [4.78, 5) is 68.6. The quantitative estimate of drug-likeness (QED) is 0.0193. The Labute approximate surface area is 612 Å². The lowest BCUT2D eigenvalue weighted by atomic mass is 10.0. The van der Waals surface area contributed by atoms with Gasteiger partial charge in [0, 0.05) is 31.0 Å². The number of quaternary nitrogens is 2. The van der Waals surface area contributed by atoms with Gasteiger partial charge in [-0.05, 0) is 79.4 Å². The van der Waals surface area contributed by atoms with E-state index in [2.05, 4.69) is 60.9 Å². The molecule has 0 bridgehead atoms. The maximum absolute atomic E-state index is 11.1. The normalized spacial score (nSPS) is 14.1. The molecule has 0 saturated heterocycles. The van der Waals surface area contributed by atoms with Crippen LogP contribution < -0.4 is 0 Å². The van der Waals surface area contributed by atoms with Crippen molar-refractivity contribution in [3.63, 3.8) is 0 Å². The number of nitrogens with zero attached hydrogens (tertiary/aromatic N) is 3. The molecule has 4 atom stereocenters. The van der Waals surface area contributed by atoms with E-state index in [0.29, 0.717) is 19.3 Å². The van der Waals surface area contributed by atoms with Gasteiger partial charge in [-0.1, -0.05) is 297 Å². The fourth-order valence-electron chi connectivity index (χ4n) is 13.9. The van der Waals surface area contributed by atoms with Crippen molar-refractivity contribution in [2.24, 2.45) is 0 Å². The van der Waals surface area contributed by atoms with Gasteiger partial charge in [-0.15, -0.1) is 0 Å². The second-order valence-electron chi connectivity index (χ2n) is 32.3. The zero-order valence-corrected chi connectivity index (χ0v) is 70.2. The van der Waals surface area contributed by atoms with E-state index < -0.39 is 50.8 Å². The molecule has 0 aromatic carbocycles. The molecule has 0 aliphatic rings. The lowest BCUT2D eigenvalue weighted by molar-refractivity contribution is -0.890. The van der Waals surface area contributed by atoms with Gasteiger partial charge in [0.1, 0.15) is 6.10 Å². The monoisotopic (exact) mass is 1450 g/mol. The predicted octanol–water partition coefficient (Wildman–Crippen LogP) is 19.4. The molecule has 0 aromatic heterocycles. The standard InChI is InChI=1S/C80H173N3O12Si3/c1-12-15-18-21-24-27-30-33-36-39-42-45-48-51-54-57-63-81(7)64-60-69-96(84,85)93-77(4)72-90-75-80(92-74-79(6)95-98(88,89)71-62-68-83(10,11)66-59-56-53-50-47-44-41-38-35-32-29-26-23-20-17-14-3)76-91-73-78(5)94-97(86,87)70-61-67-82(8,9)65-58-55-52-49-46-43-40-37-34-31-28-25-22-19-16-13-2/h77-80,84-89H,12-76H2,1-11H3/q+2. The number of rotatable bonds is 80. The van der Waals surface area contributed by atoms with E-state index in [1.807, 2.05) is 0 Å². The highest BCUT2D eigenvalue weighted by Gasteiger charge is 2.37. The van der Waals surface area contributed by atoms with Crippen LogP contribution in [-0.4, -0.2) is 201 Å². The minimum Gasteiger partial charge on any atom is -0.390 e. The van der Waals surface area contributed by atoms with E-state index in [4.69, 9.17) is 27.5 Å². The first kappa shape index (κ1) is 98.1. The van der Waals surface area contributed by atoms with Crippen molar-refractivity contribution in [1.29, 1.82) is 0 Å². The van der Waals surface area contributed by atoms with E-state index >= 15 is 0 Å². The van der Waals surface area contributed by atoms with Gasteiger partial charge in [-0.2, -0.15) is 0 Å². The van der Waals surface area contributed by atoms with Gasteiger partial charge < -0.3 is 70.1 Å². The Hall–Kier alpha value is 0.0506. The Morgan fingerprint density at radius 3 is 0.765 bits per heavy atom. The predicted molar refractivity (Wildman–Crippen MR) is 422 cm³/mol. The van der Waals surface area contributed by atoms with Gasteiger partial charge in [0.2, 0.25) is 0 Å². The lowest BCUT2D eigenvalue weighted by Crippen LogP contribution is -2.46. The van der Waals surface area contributed by atoms with Crippen molar-refractivity contribution in [3.8, 4) is 0 Å². The zero-order valence-electron chi connectivity index (χ0n) is 67.2. The third kappa shape index (κ3) is 70.4. The molecule has 590 valence electrons. The first-order chi connectivity index (χ1) is 47.0. The average Bonchev–Trinajstić information content (AvgIpc) is 1.19. The van der Waals surface area contributed by atoms with Crippen molar-refractivity contribution in [3.05, 3.63) is 0 Å². The van der Waals surface area contributed by atoms with Crippen LogP contribution in [-0.2, 0) is 27.5 Å². The van der Waals surface area contributed by atoms with Crippen molar-refractivity contribution < 1.29 is 65.2 Å². The van der Waals surface area contributed by atoms with Crippen molar-refractivity contribution in [2.75, 3.05) is 108 Å². The van der Waals surface area contributed by atoms with Gasteiger partial charge in [-0.25, -0.2) is 0 Å². The van der Waals surface area contributed by atoms with Crippen LogP contribution in [0.15, 0.2) is 0 Å². The molecule has 15 nitrogen and oxygen atoms in total. The van der Waals surface area contributed by atoms with Crippen LogP contribution in [0.5, 0.6) is 0 Å². The van der Waals surface area contributed by atoms with E-state index in [9.17, 15) is 28.8 Å². The first-order valence-corrected chi connectivity index (χ1v) is 48.5. The van der Waals surface area contributed by atoms with Crippen LogP contribution in [0, 0.1) is 0 Å².